The van der Waals surface area contributed by atoms with Crippen molar-refractivity contribution in [1.82, 2.24) is 0 Å². The van der Waals surface area contributed by atoms with Crippen molar-refractivity contribution >= 4 is 23.3 Å². The van der Waals surface area contributed by atoms with Gasteiger partial charge in [0.25, 0.3) is 11.6 Å². The first-order chi connectivity index (χ1) is 13.8. The predicted octanol–water partition coefficient (Wildman–Crippen LogP) is 4.67. The van der Waals surface area contributed by atoms with Crippen LogP contribution in [0.5, 0.6) is 0 Å². The molecule has 0 unspecified atom stereocenters. The Labute approximate surface area is 166 Å². The standard InChI is InChI=1S/C21H18N2O6/c1-13(2)28-21(25)14-6-8-16(9-7-14)22-20(24)19-11-10-18(29-19)15-4-3-5-17(12-15)23(26)27/h3-13H,1-2H3,(H,22,24). The van der Waals surface area contributed by atoms with Gasteiger partial charge in [-0.1, -0.05) is 12.1 Å². The zero-order valence-corrected chi connectivity index (χ0v) is 15.7. The van der Waals surface area contributed by atoms with Crippen LogP contribution >= 0.6 is 0 Å². The van der Waals surface area contributed by atoms with E-state index in [2.05, 4.69) is 5.32 Å². The SMILES string of the molecule is CC(C)OC(=O)c1ccc(NC(=O)c2ccc(-c3cccc([N+](=O)[O-])c3)o2)cc1. The van der Waals surface area contributed by atoms with E-state index in [1.807, 2.05) is 0 Å². The first kappa shape index (κ1) is 19.8. The maximum atomic E-state index is 12.4. The number of carbonyl (C=O) groups excluding carboxylic acids is 2. The van der Waals surface area contributed by atoms with Gasteiger partial charge in [0.05, 0.1) is 16.6 Å². The molecular formula is C21H18N2O6. The molecule has 148 valence electrons. The highest BCUT2D eigenvalue weighted by Crippen LogP contribution is 2.26. The molecule has 0 aliphatic heterocycles. The quantitative estimate of drug-likeness (QED) is 0.369. The minimum atomic E-state index is -0.499. The Morgan fingerprint density at radius 2 is 1.79 bits per heavy atom. The van der Waals surface area contributed by atoms with E-state index in [0.29, 0.717) is 22.6 Å². The summed E-state index contributed by atoms with van der Waals surface area (Å²) in [4.78, 5) is 34.6. The number of nitro groups is 1. The van der Waals surface area contributed by atoms with Crippen LogP contribution in [0.4, 0.5) is 11.4 Å². The van der Waals surface area contributed by atoms with E-state index in [9.17, 15) is 19.7 Å². The Hall–Kier alpha value is -3.94. The lowest BCUT2D eigenvalue weighted by atomic mass is 10.1. The highest BCUT2D eigenvalue weighted by molar-refractivity contribution is 6.02. The van der Waals surface area contributed by atoms with Gasteiger partial charge in [-0.05, 0) is 50.2 Å². The number of non-ortho nitro benzene ring substituents is 1. The van der Waals surface area contributed by atoms with E-state index >= 15 is 0 Å². The first-order valence-electron chi connectivity index (χ1n) is 8.80. The third kappa shape index (κ3) is 4.86. The summed E-state index contributed by atoms with van der Waals surface area (Å²) in [5, 5.41) is 13.6. The van der Waals surface area contributed by atoms with Crippen LogP contribution in [0.3, 0.4) is 0 Å². The maximum absolute atomic E-state index is 12.4. The lowest BCUT2D eigenvalue weighted by molar-refractivity contribution is -0.384. The van der Waals surface area contributed by atoms with Gasteiger partial charge in [0.1, 0.15) is 5.76 Å². The molecular weight excluding hydrogens is 376 g/mol. The van der Waals surface area contributed by atoms with Gasteiger partial charge >= 0.3 is 5.97 Å². The van der Waals surface area contributed by atoms with Gasteiger partial charge in [0.2, 0.25) is 0 Å². The molecule has 0 fully saturated rings. The average Bonchev–Trinajstić information content (AvgIpc) is 3.18. The Morgan fingerprint density at radius 3 is 2.45 bits per heavy atom. The fourth-order valence-electron chi connectivity index (χ4n) is 2.55. The fraction of sp³-hybridized carbons (Fsp3) is 0.143. The van der Waals surface area contributed by atoms with E-state index in [4.69, 9.17) is 9.15 Å². The molecule has 0 atom stereocenters. The van der Waals surface area contributed by atoms with Gasteiger partial charge in [-0.2, -0.15) is 0 Å². The Kier molecular flexibility index (Phi) is 5.73. The molecule has 8 nitrogen and oxygen atoms in total. The number of anilines is 1. The van der Waals surface area contributed by atoms with Crippen LogP contribution < -0.4 is 5.32 Å². The van der Waals surface area contributed by atoms with E-state index in [1.54, 1.807) is 56.3 Å². The second-order valence-corrected chi connectivity index (χ2v) is 6.46. The Morgan fingerprint density at radius 1 is 1.07 bits per heavy atom. The van der Waals surface area contributed by atoms with Gasteiger partial charge in [0.15, 0.2) is 5.76 Å². The third-order valence-electron chi connectivity index (χ3n) is 3.89. The summed E-state index contributed by atoms with van der Waals surface area (Å²) in [5.74, 6) is -0.537. The number of furan rings is 1. The van der Waals surface area contributed by atoms with Crippen molar-refractivity contribution in [2.45, 2.75) is 20.0 Å². The molecule has 2 aromatic carbocycles. The number of esters is 1. The van der Waals surface area contributed by atoms with Gasteiger partial charge in [-0.3, -0.25) is 14.9 Å². The van der Waals surface area contributed by atoms with E-state index in [0.717, 1.165) is 0 Å². The summed E-state index contributed by atoms with van der Waals surface area (Å²) < 4.78 is 10.6. The van der Waals surface area contributed by atoms with Crippen molar-refractivity contribution < 1.29 is 23.7 Å². The summed E-state index contributed by atoms with van der Waals surface area (Å²) in [6.07, 6.45) is -0.221. The normalized spacial score (nSPS) is 10.6. The zero-order valence-electron chi connectivity index (χ0n) is 15.7. The minimum absolute atomic E-state index is 0.0507. The van der Waals surface area contributed by atoms with Crippen molar-refractivity contribution in [1.29, 1.82) is 0 Å². The summed E-state index contributed by atoms with van der Waals surface area (Å²) in [5.41, 5.74) is 1.28. The second-order valence-electron chi connectivity index (χ2n) is 6.46. The highest BCUT2D eigenvalue weighted by atomic mass is 16.6. The molecule has 3 aromatic rings. The topological polar surface area (TPSA) is 112 Å². The summed E-state index contributed by atoms with van der Waals surface area (Å²) in [7, 11) is 0. The van der Waals surface area contributed by atoms with Crippen molar-refractivity contribution in [2.75, 3.05) is 5.32 Å². The van der Waals surface area contributed by atoms with Gasteiger partial charge in [-0.25, -0.2) is 4.79 Å². The molecule has 1 amide bonds. The molecule has 0 spiro atoms. The van der Waals surface area contributed by atoms with Crippen LogP contribution in [0.2, 0.25) is 0 Å². The molecule has 8 heteroatoms. The zero-order chi connectivity index (χ0) is 21.0. The minimum Gasteiger partial charge on any atom is -0.459 e. The molecule has 1 heterocycles. The third-order valence-corrected chi connectivity index (χ3v) is 3.89. The lowest BCUT2D eigenvalue weighted by Gasteiger charge is -2.08. The molecule has 0 radical (unpaired) electrons. The average molecular weight is 394 g/mol. The number of rotatable bonds is 6. The molecule has 1 N–H and O–H groups in total. The first-order valence-corrected chi connectivity index (χ1v) is 8.80. The molecule has 0 saturated heterocycles. The van der Waals surface area contributed by atoms with Crippen molar-refractivity contribution in [3.8, 4) is 11.3 Å². The van der Waals surface area contributed by atoms with Crippen LogP contribution in [-0.4, -0.2) is 22.9 Å². The molecule has 1 aromatic heterocycles. The smallest absolute Gasteiger partial charge is 0.338 e. The second kappa shape index (κ2) is 8.39. The molecule has 0 saturated carbocycles. The van der Waals surface area contributed by atoms with Crippen LogP contribution in [0.1, 0.15) is 34.8 Å². The van der Waals surface area contributed by atoms with Crippen LogP contribution in [0.25, 0.3) is 11.3 Å². The number of ether oxygens (including phenoxy) is 1. The summed E-state index contributed by atoms with van der Waals surface area (Å²) >= 11 is 0. The summed E-state index contributed by atoms with van der Waals surface area (Å²) in [6.45, 7) is 3.52. The van der Waals surface area contributed by atoms with Crippen LogP contribution in [-0.2, 0) is 4.74 Å². The monoisotopic (exact) mass is 394 g/mol. The highest BCUT2D eigenvalue weighted by Gasteiger charge is 2.15. The van der Waals surface area contributed by atoms with E-state index in [1.165, 1.54) is 18.2 Å². The number of hydrogen-bond donors (Lipinski definition) is 1. The largest absolute Gasteiger partial charge is 0.459 e. The van der Waals surface area contributed by atoms with Gasteiger partial charge in [0, 0.05) is 23.4 Å². The Bertz CT molecular complexity index is 1050. The number of amides is 1. The predicted molar refractivity (Wildman–Crippen MR) is 106 cm³/mol. The fourth-order valence-corrected chi connectivity index (χ4v) is 2.55. The van der Waals surface area contributed by atoms with Crippen molar-refractivity contribution in [3.05, 3.63) is 82.1 Å². The molecule has 29 heavy (non-hydrogen) atoms. The maximum Gasteiger partial charge on any atom is 0.338 e. The molecule has 0 aliphatic rings. The number of nitrogens with zero attached hydrogens (tertiary/aromatic N) is 1. The van der Waals surface area contributed by atoms with Gasteiger partial charge < -0.3 is 14.5 Å². The number of hydrogen-bond acceptors (Lipinski definition) is 6. The van der Waals surface area contributed by atoms with E-state index < -0.39 is 16.8 Å². The number of benzene rings is 2. The van der Waals surface area contributed by atoms with Crippen molar-refractivity contribution in [2.24, 2.45) is 0 Å². The van der Waals surface area contributed by atoms with Crippen LogP contribution in [0, 0.1) is 10.1 Å². The number of nitro benzene ring substituents is 1. The van der Waals surface area contributed by atoms with E-state index in [-0.39, 0.29) is 17.6 Å². The molecule has 3 rings (SSSR count). The Balaban J connectivity index is 1.70. The summed E-state index contributed by atoms with van der Waals surface area (Å²) in [6, 6.07) is 15.3. The van der Waals surface area contributed by atoms with Crippen LogP contribution in [0.15, 0.2) is 65.1 Å². The molecule has 0 aliphatic carbocycles. The van der Waals surface area contributed by atoms with Crippen molar-refractivity contribution in [3.63, 3.8) is 0 Å². The van der Waals surface area contributed by atoms with Gasteiger partial charge in [-0.15, -0.1) is 0 Å². The molecule has 0 bridgehead atoms. The number of nitrogens with one attached hydrogen (secondary N) is 1. The lowest BCUT2D eigenvalue weighted by Crippen LogP contribution is -2.13. The number of carbonyl (C=O) groups is 2.